The molecule has 0 saturated heterocycles. The third kappa shape index (κ3) is 2.99. The van der Waals surface area contributed by atoms with Gasteiger partial charge in [-0.3, -0.25) is 4.55 Å². The molecule has 1 heterocycles. The summed E-state index contributed by atoms with van der Waals surface area (Å²) in [6, 6.07) is 3.23. The molecule has 0 unspecified atom stereocenters. The van der Waals surface area contributed by atoms with Gasteiger partial charge in [0.25, 0.3) is 10.1 Å². The summed E-state index contributed by atoms with van der Waals surface area (Å²) < 4.78 is 32.1. The van der Waals surface area contributed by atoms with Gasteiger partial charge in [0.1, 0.15) is 0 Å². The zero-order valence-corrected chi connectivity index (χ0v) is 12.7. The van der Waals surface area contributed by atoms with Crippen LogP contribution in [0.3, 0.4) is 0 Å². The molecule has 0 aromatic heterocycles. The van der Waals surface area contributed by atoms with E-state index in [9.17, 15) is 13.0 Å². The van der Waals surface area contributed by atoms with Crippen molar-refractivity contribution in [2.75, 3.05) is 13.6 Å². The van der Waals surface area contributed by atoms with Gasteiger partial charge in [-0.05, 0) is 47.7 Å². The van der Waals surface area contributed by atoms with Gasteiger partial charge in [0.2, 0.25) is 0 Å². The van der Waals surface area contributed by atoms with E-state index in [4.69, 9.17) is 0 Å². The zero-order valence-electron chi connectivity index (χ0n) is 11.9. The first-order valence-corrected chi connectivity index (χ1v) is 7.85. The van der Waals surface area contributed by atoms with E-state index in [2.05, 4.69) is 25.7 Å². The van der Waals surface area contributed by atoms with Crippen molar-refractivity contribution in [3.05, 3.63) is 28.8 Å². The molecule has 0 spiro atoms. The van der Waals surface area contributed by atoms with Crippen LogP contribution in [0.1, 0.15) is 37.5 Å². The van der Waals surface area contributed by atoms with Gasteiger partial charge in [0.05, 0.1) is 4.90 Å². The number of fused-ring (bicyclic) bond motifs is 1. The Hall–Kier alpha value is -0.910. The van der Waals surface area contributed by atoms with Crippen molar-refractivity contribution in [3.8, 4) is 0 Å². The molecule has 0 fully saturated rings. The Labute approximate surface area is 115 Å². The quantitative estimate of drug-likeness (QED) is 0.803. The molecule has 1 aromatic rings. The lowest BCUT2D eigenvalue weighted by molar-refractivity contribution is 0.310. The van der Waals surface area contributed by atoms with Crippen LogP contribution < -0.4 is 0 Å². The molecule has 4 nitrogen and oxygen atoms in total. The van der Waals surface area contributed by atoms with Crippen LogP contribution in [0.2, 0.25) is 0 Å². The molecule has 1 N–H and O–H groups in total. The van der Waals surface area contributed by atoms with E-state index in [1.807, 2.05) is 7.05 Å². The first-order valence-electron chi connectivity index (χ1n) is 6.41. The SMILES string of the molecule is CN1CCc2c(cc(S(=O)(=O)O)cc2C(C)(C)C)C1. The lowest BCUT2D eigenvalue weighted by Crippen LogP contribution is -2.29. The summed E-state index contributed by atoms with van der Waals surface area (Å²) in [6.07, 6.45) is 0.921. The third-order valence-electron chi connectivity index (χ3n) is 3.61. The number of benzene rings is 1. The van der Waals surface area contributed by atoms with E-state index in [-0.39, 0.29) is 10.3 Å². The van der Waals surface area contributed by atoms with Crippen LogP contribution in [0.15, 0.2) is 17.0 Å². The van der Waals surface area contributed by atoms with Gasteiger partial charge in [-0.2, -0.15) is 8.42 Å². The lowest BCUT2D eigenvalue weighted by atomic mass is 9.80. The molecule has 2 rings (SSSR count). The molecule has 0 radical (unpaired) electrons. The van der Waals surface area contributed by atoms with E-state index in [1.54, 1.807) is 12.1 Å². The molecule has 1 aliphatic rings. The van der Waals surface area contributed by atoms with Crippen molar-refractivity contribution in [1.29, 1.82) is 0 Å². The fourth-order valence-electron chi connectivity index (χ4n) is 2.63. The van der Waals surface area contributed by atoms with Gasteiger partial charge >= 0.3 is 0 Å². The van der Waals surface area contributed by atoms with Crippen molar-refractivity contribution in [1.82, 2.24) is 4.90 Å². The Morgan fingerprint density at radius 3 is 2.42 bits per heavy atom. The van der Waals surface area contributed by atoms with Gasteiger partial charge in [0, 0.05) is 13.1 Å². The second kappa shape index (κ2) is 4.58. The summed E-state index contributed by atoms with van der Waals surface area (Å²) in [5.41, 5.74) is 3.12. The highest BCUT2D eigenvalue weighted by molar-refractivity contribution is 7.85. The van der Waals surface area contributed by atoms with E-state index in [0.717, 1.165) is 30.6 Å². The number of nitrogens with zero attached hydrogens (tertiary/aromatic N) is 1. The maximum absolute atomic E-state index is 11.4. The average Bonchev–Trinajstić information content (AvgIpc) is 2.24. The molecule has 19 heavy (non-hydrogen) atoms. The number of hydrogen-bond acceptors (Lipinski definition) is 3. The summed E-state index contributed by atoms with van der Waals surface area (Å²) in [4.78, 5) is 2.16. The minimum absolute atomic E-state index is 0.00600. The molecule has 0 bridgehead atoms. The summed E-state index contributed by atoms with van der Waals surface area (Å²) in [7, 11) is -2.14. The van der Waals surface area contributed by atoms with Gasteiger partial charge in [-0.1, -0.05) is 20.8 Å². The standard InChI is InChI=1S/C14H21NO3S/c1-14(2,3)13-8-11(19(16,17)18)7-10-9-15(4)6-5-12(10)13/h7-8H,5-6,9H2,1-4H3,(H,16,17,18). The van der Waals surface area contributed by atoms with Gasteiger partial charge < -0.3 is 4.90 Å². The van der Waals surface area contributed by atoms with E-state index < -0.39 is 10.1 Å². The van der Waals surface area contributed by atoms with Crippen molar-refractivity contribution in [3.63, 3.8) is 0 Å². The van der Waals surface area contributed by atoms with Crippen LogP contribution >= 0.6 is 0 Å². The molecule has 1 aromatic carbocycles. The molecule has 0 saturated carbocycles. The van der Waals surface area contributed by atoms with Crippen LogP contribution in [0.4, 0.5) is 0 Å². The Morgan fingerprint density at radius 2 is 1.89 bits per heavy atom. The van der Waals surface area contributed by atoms with Crippen LogP contribution in [0.5, 0.6) is 0 Å². The molecular weight excluding hydrogens is 262 g/mol. The largest absolute Gasteiger partial charge is 0.302 e. The predicted molar refractivity (Wildman–Crippen MR) is 75.0 cm³/mol. The zero-order chi connectivity index (χ0) is 14.4. The maximum Gasteiger partial charge on any atom is 0.294 e. The van der Waals surface area contributed by atoms with Gasteiger partial charge in [-0.25, -0.2) is 0 Å². The number of hydrogen-bond donors (Lipinski definition) is 1. The Bertz CT molecular complexity index is 600. The van der Waals surface area contributed by atoms with Crippen LogP contribution in [0, 0.1) is 0 Å². The fraction of sp³-hybridized carbons (Fsp3) is 0.571. The molecule has 5 heteroatoms. The Morgan fingerprint density at radius 1 is 1.26 bits per heavy atom. The molecule has 0 atom stereocenters. The predicted octanol–water partition coefficient (Wildman–Crippen LogP) is 2.22. The van der Waals surface area contributed by atoms with Crippen LogP contribution in [-0.2, 0) is 28.5 Å². The summed E-state index contributed by atoms with van der Waals surface area (Å²) in [6.45, 7) is 7.89. The molecule has 0 amide bonds. The van der Waals surface area contributed by atoms with E-state index in [0.29, 0.717) is 0 Å². The average molecular weight is 283 g/mol. The van der Waals surface area contributed by atoms with Crippen molar-refractivity contribution < 1.29 is 13.0 Å². The normalized spacial score (nSPS) is 17.3. The van der Waals surface area contributed by atoms with E-state index in [1.165, 1.54) is 5.56 Å². The molecule has 1 aliphatic heterocycles. The van der Waals surface area contributed by atoms with Crippen LogP contribution in [-0.4, -0.2) is 31.5 Å². The summed E-state index contributed by atoms with van der Waals surface area (Å²) in [5, 5.41) is 0. The van der Waals surface area contributed by atoms with Gasteiger partial charge in [0.15, 0.2) is 0 Å². The maximum atomic E-state index is 11.4. The van der Waals surface area contributed by atoms with E-state index >= 15 is 0 Å². The highest BCUT2D eigenvalue weighted by Gasteiger charge is 2.26. The Balaban J connectivity index is 2.69. The molecular formula is C14H21NO3S. The number of rotatable bonds is 1. The number of likely N-dealkylation sites (N-methyl/N-ethyl adjacent to an activating group) is 1. The highest BCUT2D eigenvalue weighted by Crippen LogP contribution is 2.33. The van der Waals surface area contributed by atoms with Crippen LogP contribution in [0.25, 0.3) is 0 Å². The lowest BCUT2D eigenvalue weighted by Gasteiger charge is -2.31. The smallest absolute Gasteiger partial charge is 0.294 e. The molecule has 106 valence electrons. The monoisotopic (exact) mass is 283 g/mol. The Kier molecular flexibility index (Phi) is 3.49. The topological polar surface area (TPSA) is 57.6 Å². The summed E-state index contributed by atoms with van der Waals surface area (Å²) in [5.74, 6) is 0. The minimum atomic E-state index is -4.16. The van der Waals surface area contributed by atoms with Crippen molar-refractivity contribution in [2.45, 2.75) is 44.0 Å². The summed E-state index contributed by atoms with van der Waals surface area (Å²) >= 11 is 0. The second-order valence-corrected chi connectivity index (χ2v) is 7.74. The van der Waals surface area contributed by atoms with Gasteiger partial charge in [-0.15, -0.1) is 0 Å². The minimum Gasteiger partial charge on any atom is -0.302 e. The second-order valence-electron chi connectivity index (χ2n) is 6.32. The van der Waals surface area contributed by atoms with Crippen molar-refractivity contribution >= 4 is 10.1 Å². The first kappa shape index (κ1) is 14.5. The first-order chi connectivity index (χ1) is 8.59. The third-order valence-corrected chi connectivity index (χ3v) is 4.44. The molecule has 0 aliphatic carbocycles. The fourth-order valence-corrected chi connectivity index (χ4v) is 3.19. The highest BCUT2D eigenvalue weighted by atomic mass is 32.2. The van der Waals surface area contributed by atoms with Crippen molar-refractivity contribution in [2.24, 2.45) is 0 Å².